The van der Waals surface area contributed by atoms with Gasteiger partial charge >= 0.3 is 0 Å². The van der Waals surface area contributed by atoms with Crippen molar-refractivity contribution in [2.24, 2.45) is 0 Å². The van der Waals surface area contributed by atoms with Crippen molar-refractivity contribution < 1.29 is 8.42 Å². The SMILES string of the molecule is CCCNC1CCCC(S(=O)(=O)C(C)C)C1. The first-order valence-corrected chi connectivity index (χ1v) is 8.05. The topological polar surface area (TPSA) is 46.2 Å². The lowest BCUT2D eigenvalue weighted by atomic mass is 9.95. The van der Waals surface area contributed by atoms with Crippen LogP contribution in [0.4, 0.5) is 0 Å². The molecule has 0 amide bonds. The minimum absolute atomic E-state index is 0.115. The van der Waals surface area contributed by atoms with Crippen LogP contribution in [0.15, 0.2) is 0 Å². The molecule has 0 radical (unpaired) electrons. The first kappa shape index (κ1) is 14.0. The predicted octanol–water partition coefficient (Wildman–Crippen LogP) is 2.12. The van der Waals surface area contributed by atoms with E-state index in [0.29, 0.717) is 6.04 Å². The Morgan fingerprint density at radius 2 is 2.00 bits per heavy atom. The molecular formula is C12H25NO2S. The zero-order valence-electron chi connectivity index (χ0n) is 10.7. The van der Waals surface area contributed by atoms with E-state index < -0.39 is 9.84 Å². The Hall–Kier alpha value is -0.0900. The third-order valence-electron chi connectivity index (χ3n) is 3.43. The summed E-state index contributed by atoms with van der Waals surface area (Å²) in [6.07, 6.45) is 4.94. The van der Waals surface area contributed by atoms with E-state index in [0.717, 1.165) is 38.6 Å². The van der Waals surface area contributed by atoms with Gasteiger partial charge in [0, 0.05) is 6.04 Å². The molecule has 0 bridgehead atoms. The van der Waals surface area contributed by atoms with Gasteiger partial charge in [-0.05, 0) is 46.1 Å². The largest absolute Gasteiger partial charge is 0.314 e. The van der Waals surface area contributed by atoms with Gasteiger partial charge in [0.15, 0.2) is 9.84 Å². The van der Waals surface area contributed by atoms with Crippen LogP contribution in [0.3, 0.4) is 0 Å². The van der Waals surface area contributed by atoms with E-state index >= 15 is 0 Å². The van der Waals surface area contributed by atoms with E-state index in [2.05, 4.69) is 12.2 Å². The summed E-state index contributed by atoms with van der Waals surface area (Å²) in [7, 11) is -2.90. The van der Waals surface area contributed by atoms with E-state index in [9.17, 15) is 8.42 Å². The van der Waals surface area contributed by atoms with Crippen molar-refractivity contribution in [3.05, 3.63) is 0 Å². The summed E-state index contributed by atoms with van der Waals surface area (Å²) in [6.45, 7) is 6.72. The summed E-state index contributed by atoms with van der Waals surface area (Å²) in [5.41, 5.74) is 0. The average molecular weight is 247 g/mol. The number of hydrogen-bond donors (Lipinski definition) is 1. The van der Waals surface area contributed by atoms with Crippen molar-refractivity contribution in [1.82, 2.24) is 5.32 Å². The third kappa shape index (κ3) is 3.45. The first-order valence-electron chi connectivity index (χ1n) is 6.44. The molecule has 0 aromatic heterocycles. The van der Waals surface area contributed by atoms with Crippen LogP contribution in [0.2, 0.25) is 0 Å². The van der Waals surface area contributed by atoms with Crippen molar-refractivity contribution in [2.45, 2.75) is 69.4 Å². The van der Waals surface area contributed by atoms with Gasteiger partial charge in [0.2, 0.25) is 0 Å². The minimum Gasteiger partial charge on any atom is -0.314 e. The second-order valence-corrected chi connectivity index (χ2v) is 7.86. The highest BCUT2D eigenvalue weighted by atomic mass is 32.2. The number of nitrogens with one attached hydrogen (secondary N) is 1. The maximum absolute atomic E-state index is 12.1. The number of rotatable bonds is 5. The fraction of sp³-hybridized carbons (Fsp3) is 1.00. The third-order valence-corrected chi connectivity index (χ3v) is 6.10. The zero-order chi connectivity index (χ0) is 12.2. The molecule has 1 aliphatic carbocycles. The molecule has 2 atom stereocenters. The van der Waals surface area contributed by atoms with Gasteiger partial charge in [0.05, 0.1) is 10.5 Å². The van der Waals surface area contributed by atoms with E-state index in [1.807, 2.05) is 0 Å². The second kappa shape index (κ2) is 6.01. The second-order valence-electron chi connectivity index (χ2n) is 5.08. The number of hydrogen-bond acceptors (Lipinski definition) is 3. The van der Waals surface area contributed by atoms with Gasteiger partial charge in [-0.15, -0.1) is 0 Å². The van der Waals surface area contributed by atoms with Crippen LogP contribution < -0.4 is 5.32 Å². The van der Waals surface area contributed by atoms with Gasteiger partial charge < -0.3 is 5.32 Å². The van der Waals surface area contributed by atoms with Gasteiger partial charge in [-0.25, -0.2) is 8.42 Å². The Bertz CT molecular complexity index is 298. The minimum atomic E-state index is -2.90. The molecule has 16 heavy (non-hydrogen) atoms. The van der Waals surface area contributed by atoms with E-state index in [-0.39, 0.29) is 10.5 Å². The molecule has 3 nitrogen and oxygen atoms in total. The lowest BCUT2D eigenvalue weighted by Gasteiger charge is -2.30. The summed E-state index contributed by atoms with van der Waals surface area (Å²) < 4.78 is 24.2. The van der Waals surface area contributed by atoms with Crippen molar-refractivity contribution in [1.29, 1.82) is 0 Å². The van der Waals surface area contributed by atoms with Gasteiger partial charge in [0.1, 0.15) is 0 Å². The summed E-state index contributed by atoms with van der Waals surface area (Å²) in [5.74, 6) is 0. The highest BCUT2D eigenvalue weighted by molar-refractivity contribution is 7.92. The summed E-state index contributed by atoms with van der Waals surface area (Å²) in [5, 5.41) is 3.10. The standard InChI is InChI=1S/C12H25NO2S/c1-4-8-13-11-6-5-7-12(9-11)16(14,15)10(2)3/h10-13H,4-9H2,1-3H3. The van der Waals surface area contributed by atoms with Crippen molar-refractivity contribution in [2.75, 3.05) is 6.54 Å². The molecule has 0 saturated heterocycles. The van der Waals surface area contributed by atoms with E-state index in [1.54, 1.807) is 13.8 Å². The lowest BCUT2D eigenvalue weighted by Crippen LogP contribution is -2.41. The maximum atomic E-state index is 12.1. The van der Waals surface area contributed by atoms with Gasteiger partial charge in [-0.3, -0.25) is 0 Å². The van der Waals surface area contributed by atoms with Crippen LogP contribution in [0.1, 0.15) is 52.9 Å². The Balaban J connectivity index is 2.57. The lowest BCUT2D eigenvalue weighted by molar-refractivity contribution is 0.371. The molecule has 2 unspecified atom stereocenters. The Labute approximate surface area is 99.9 Å². The molecule has 1 fully saturated rings. The maximum Gasteiger partial charge on any atom is 0.155 e. The molecule has 1 N–H and O–H groups in total. The smallest absolute Gasteiger partial charge is 0.155 e. The normalized spacial score (nSPS) is 27.2. The summed E-state index contributed by atoms with van der Waals surface area (Å²) >= 11 is 0. The quantitative estimate of drug-likeness (QED) is 0.809. The first-order chi connectivity index (χ1) is 7.48. The average Bonchev–Trinajstić information content (AvgIpc) is 2.26. The molecule has 0 heterocycles. The Kier molecular flexibility index (Phi) is 5.25. The Morgan fingerprint density at radius 3 is 2.56 bits per heavy atom. The molecule has 1 rings (SSSR count). The highest BCUT2D eigenvalue weighted by Crippen LogP contribution is 2.26. The van der Waals surface area contributed by atoms with Crippen LogP contribution in [0.25, 0.3) is 0 Å². The highest BCUT2D eigenvalue weighted by Gasteiger charge is 2.33. The van der Waals surface area contributed by atoms with Crippen molar-refractivity contribution in [3.63, 3.8) is 0 Å². The molecule has 4 heteroatoms. The molecule has 96 valence electrons. The van der Waals surface area contributed by atoms with E-state index in [4.69, 9.17) is 0 Å². The number of sulfone groups is 1. The molecular weight excluding hydrogens is 222 g/mol. The monoisotopic (exact) mass is 247 g/mol. The van der Waals surface area contributed by atoms with Crippen LogP contribution >= 0.6 is 0 Å². The van der Waals surface area contributed by atoms with Crippen LogP contribution in [0.5, 0.6) is 0 Å². The van der Waals surface area contributed by atoms with Gasteiger partial charge in [0.25, 0.3) is 0 Å². The predicted molar refractivity (Wildman–Crippen MR) is 68.4 cm³/mol. The van der Waals surface area contributed by atoms with Crippen LogP contribution in [0, 0.1) is 0 Å². The van der Waals surface area contributed by atoms with E-state index in [1.165, 1.54) is 0 Å². The molecule has 0 aliphatic heterocycles. The summed E-state index contributed by atoms with van der Waals surface area (Å²) in [6, 6.07) is 0.409. The molecule has 0 aromatic carbocycles. The van der Waals surface area contributed by atoms with Crippen molar-refractivity contribution in [3.8, 4) is 0 Å². The van der Waals surface area contributed by atoms with Gasteiger partial charge in [-0.1, -0.05) is 13.3 Å². The van der Waals surface area contributed by atoms with Crippen LogP contribution in [-0.2, 0) is 9.84 Å². The fourth-order valence-electron chi connectivity index (χ4n) is 2.36. The Morgan fingerprint density at radius 1 is 1.31 bits per heavy atom. The molecule has 1 aliphatic rings. The molecule has 0 aromatic rings. The van der Waals surface area contributed by atoms with Gasteiger partial charge in [-0.2, -0.15) is 0 Å². The summed E-state index contributed by atoms with van der Waals surface area (Å²) in [4.78, 5) is 0. The van der Waals surface area contributed by atoms with Crippen LogP contribution in [-0.4, -0.2) is 31.5 Å². The van der Waals surface area contributed by atoms with Crippen molar-refractivity contribution >= 4 is 9.84 Å². The fourth-order valence-corrected chi connectivity index (χ4v) is 4.13. The molecule has 1 saturated carbocycles. The molecule has 0 spiro atoms. The zero-order valence-corrected chi connectivity index (χ0v) is 11.5.